The van der Waals surface area contributed by atoms with Crippen LogP contribution in [0, 0.1) is 13.8 Å². The number of rotatable bonds is 3. The molecule has 154 valence electrons. The molecule has 3 rings (SSSR count). The van der Waals surface area contributed by atoms with Crippen LogP contribution in [0.4, 0.5) is 22.0 Å². The highest BCUT2D eigenvalue weighted by Crippen LogP contribution is 2.46. The quantitative estimate of drug-likeness (QED) is 0.724. The van der Waals surface area contributed by atoms with Crippen LogP contribution >= 0.6 is 0 Å². The normalized spacial score (nSPS) is 21.2. The molecule has 1 aromatic rings. The Hall–Kier alpha value is -2.32. The molecule has 1 heterocycles. The number of halogens is 5. The molecular weight excluding hydrogens is 385 g/mol. The van der Waals surface area contributed by atoms with Gasteiger partial charge in [0.2, 0.25) is 5.92 Å². The Morgan fingerprint density at radius 2 is 1.64 bits per heavy atom. The molecular formula is C19H20F5NO3. The van der Waals surface area contributed by atoms with E-state index in [1.54, 1.807) is 13.8 Å². The van der Waals surface area contributed by atoms with E-state index in [9.17, 15) is 31.9 Å². The molecule has 0 radical (unpaired) electrons. The second-order valence-corrected chi connectivity index (χ2v) is 7.45. The average molecular weight is 405 g/mol. The van der Waals surface area contributed by atoms with Gasteiger partial charge in [0.15, 0.2) is 6.61 Å². The van der Waals surface area contributed by atoms with Crippen molar-refractivity contribution >= 4 is 11.5 Å². The fourth-order valence-corrected chi connectivity index (χ4v) is 3.89. The number of nitrogens with one attached hydrogen (secondary N) is 1. The zero-order chi connectivity index (χ0) is 20.9. The van der Waals surface area contributed by atoms with Gasteiger partial charge >= 0.3 is 6.18 Å². The first-order valence-electron chi connectivity index (χ1n) is 8.79. The van der Waals surface area contributed by atoms with E-state index in [-0.39, 0.29) is 29.9 Å². The standard InChI is InChI=1S/C19H20F5NO3/c1-10-7-12(28-9-19(22,23)24)8-11(2)13(10)14-15(26)17(25-16(14)27)3-5-18(20,21)6-4-17/h7-8,26H,3-6,9H2,1-2H3,(H,25,27). The van der Waals surface area contributed by atoms with Crippen molar-refractivity contribution in [3.8, 4) is 5.75 Å². The van der Waals surface area contributed by atoms with Crippen molar-refractivity contribution in [2.45, 2.75) is 57.2 Å². The molecule has 1 aliphatic carbocycles. The first-order chi connectivity index (χ1) is 12.8. The summed E-state index contributed by atoms with van der Waals surface area (Å²) in [6, 6.07) is 2.70. The highest BCUT2D eigenvalue weighted by Gasteiger charge is 2.52. The van der Waals surface area contributed by atoms with E-state index in [1.165, 1.54) is 12.1 Å². The molecule has 0 bridgehead atoms. The Labute approximate surface area is 158 Å². The van der Waals surface area contributed by atoms with Crippen LogP contribution in [-0.2, 0) is 4.79 Å². The Bertz CT molecular complexity index is 811. The van der Waals surface area contributed by atoms with Crippen LogP contribution in [0.1, 0.15) is 42.4 Å². The second-order valence-electron chi connectivity index (χ2n) is 7.45. The number of amides is 1. The van der Waals surface area contributed by atoms with Crippen molar-refractivity contribution < 1.29 is 36.6 Å². The van der Waals surface area contributed by atoms with Crippen LogP contribution in [0.15, 0.2) is 17.9 Å². The summed E-state index contributed by atoms with van der Waals surface area (Å²) in [6.07, 6.45) is -5.57. The number of hydrogen-bond acceptors (Lipinski definition) is 3. The lowest BCUT2D eigenvalue weighted by Crippen LogP contribution is -2.49. The average Bonchev–Trinajstić information content (AvgIpc) is 2.80. The van der Waals surface area contributed by atoms with Crippen molar-refractivity contribution in [1.29, 1.82) is 0 Å². The first-order valence-corrected chi connectivity index (χ1v) is 8.79. The van der Waals surface area contributed by atoms with Crippen molar-refractivity contribution in [3.63, 3.8) is 0 Å². The molecule has 4 nitrogen and oxygen atoms in total. The van der Waals surface area contributed by atoms with Gasteiger partial charge in [0.1, 0.15) is 11.5 Å². The Balaban J connectivity index is 1.95. The minimum Gasteiger partial charge on any atom is -0.509 e. The van der Waals surface area contributed by atoms with Crippen LogP contribution in [0.5, 0.6) is 5.75 Å². The number of benzene rings is 1. The summed E-state index contributed by atoms with van der Waals surface area (Å²) in [5, 5.41) is 13.4. The number of carbonyl (C=O) groups is 1. The maximum absolute atomic E-state index is 13.5. The lowest BCUT2D eigenvalue weighted by atomic mass is 9.78. The highest BCUT2D eigenvalue weighted by molar-refractivity contribution is 6.24. The molecule has 28 heavy (non-hydrogen) atoms. The number of carbonyl (C=O) groups excluding carboxylic acids is 1. The van der Waals surface area contributed by atoms with Gasteiger partial charge in [0.25, 0.3) is 5.91 Å². The van der Waals surface area contributed by atoms with Gasteiger partial charge in [-0.15, -0.1) is 0 Å². The van der Waals surface area contributed by atoms with Gasteiger partial charge in [-0.3, -0.25) is 4.79 Å². The minimum atomic E-state index is -4.48. The SMILES string of the molecule is Cc1cc(OCC(F)(F)F)cc(C)c1C1=C(O)C2(CCC(F)(F)CC2)NC1=O. The topological polar surface area (TPSA) is 58.6 Å². The van der Waals surface area contributed by atoms with Crippen LogP contribution in [0.3, 0.4) is 0 Å². The van der Waals surface area contributed by atoms with Gasteiger partial charge < -0.3 is 15.2 Å². The second kappa shape index (κ2) is 6.63. The third kappa shape index (κ3) is 3.79. The number of aliphatic hydroxyl groups is 1. The van der Waals surface area contributed by atoms with Crippen LogP contribution in [0.2, 0.25) is 0 Å². The molecule has 1 aliphatic heterocycles. The van der Waals surface area contributed by atoms with E-state index in [4.69, 9.17) is 4.74 Å². The Morgan fingerprint density at radius 3 is 2.14 bits per heavy atom. The van der Waals surface area contributed by atoms with Crippen LogP contribution in [-0.4, -0.2) is 35.3 Å². The molecule has 1 spiro atoms. The number of aliphatic hydroxyl groups excluding tert-OH is 1. The van der Waals surface area contributed by atoms with Gasteiger partial charge in [0, 0.05) is 12.8 Å². The number of ether oxygens (including phenoxy) is 1. The molecule has 1 saturated carbocycles. The monoisotopic (exact) mass is 405 g/mol. The molecule has 0 aromatic heterocycles. The first kappa shape index (κ1) is 20.4. The summed E-state index contributed by atoms with van der Waals surface area (Å²) in [6.45, 7) is 1.71. The maximum atomic E-state index is 13.5. The Morgan fingerprint density at radius 1 is 1.11 bits per heavy atom. The molecule has 2 N–H and O–H groups in total. The predicted octanol–water partition coefficient (Wildman–Crippen LogP) is 4.59. The smallest absolute Gasteiger partial charge is 0.422 e. The van der Waals surface area contributed by atoms with Gasteiger partial charge in [-0.1, -0.05) is 0 Å². The van der Waals surface area contributed by atoms with Crippen LogP contribution < -0.4 is 10.1 Å². The third-order valence-electron chi connectivity index (χ3n) is 5.26. The summed E-state index contributed by atoms with van der Waals surface area (Å²) in [7, 11) is 0. The molecule has 1 amide bonds. The fraction of sp³-hybridized carbons (Fsp3) is 0.526. The van der Waals surface area contributed by atoms with E-state index in [2.05, 4.69) is 5.32 Å². The third-order valence-corrected chi connectivity index (χ3v) is 5.26. The molecule has 0 unspecified atom stereocenters. The van der Waals surface area contributed by atoms with Crippen LogP contribution in [0.25, 0.3) is 5.57 Å². The molecule has 2 aliphatic rings. The van der Waals surface area contributed by atoms with Crippen molar-refractivity contribution in [1.82, 2.24) is 5.32 Å². The van der Waals surface area contributed by atoms with Gasteiger partial charge in [0.05, 0.1) is 11.1 Å². The summed E-state index contributed by atoms with van der Waals surface area (Å²) < 4.78 is 68.8. The van der Waals surface area contributed by atoms with E-state index >= 15 is 0 Å². The summed E-state index contributed by atoms with van der Waals surface area (Å²) in [5.41, 5.74) is -0.0106. The molecule has 1 aromatic carbocycles. The summed E-state index contributed by atoms with van der Waals surface area (Å²) >= 11 is 0. The van der Waals surface area contributed by atoms with E-state index in [0.717, 1.165) is 0 Å². The largest absolute Gasteiger partial charge is 0.509 e. The Kier molecular flexibility index (Phi) is 4.84. The van der Waals surface area contributed by atoms with Gasteiger partial charge in [-0.25, -0.2) is 8.78 Å². The van der Waals surface area contributed by atoms with Crippen molar-refractivity contribution in [2.75, 3.05) is 6.61 Å². The van der Waals surface area contributed by atoms with Crippen molar-refractivity contribution in [3.05, 3.63) is 34.6 Å². The molecule has 0 atom stereocenters. The molecule has 0 saturated heterocycles. The zero-order valence-corrected chi connectivity index (χ0v) is 15.3. The zero-order valence-electron chi connectivity index (χ0n) is 15.3. The number of aryl methyl sites for hydroxylation is 2. The minimum absolute atomic E-state index is 0.0124. The molecule has 9 heteroatoms. The van der Waals surface area contributed by atoms with Gasteiger partial charge in [-0.05, 0) is 55.5 Å². The van der Waals surface area contributed by atoms with E-state index in [1.807, 2.05) is 0 Å². The molecule has 1 fully saturated rings. The van der Waals surface area contributed by atoms with E-state index in [0.29, 0.717) is 16.7 Å². The lowest BCUT2D eigenvalue weighted by molar-refractivity contribution is -0.153. The highest BCUT2D eigenvalue weighted by atomic mass is 19.4. The van der Waals surface area contributed by atoms with Gasteiger partial charge in [-0.2, -0.15) is 13.2 Å². The van der Waals surface area contributed by atoms with E-state index < -0.39 is 43.0 Å². The summed E-state index contributed by atoms with van der Waals surface area (Å²) in [4.78, 5) is 12.6. The fourth-order valence-electron chi connectivity index (χ4n) is 3.89. The lowest BCUT2D eigenvalue weighted by Gasteiger charge is -2.36. The number of alkyl halides is 5. The summed E-state index contributed by atoms with van der Waals surface area (Å²) in [5.74, 6) is -3.72. The predicted molar refractivity (Wildman–Crippen MR) is 91.3 cm³/mol. The van der Waals surface area contributed by atoms with Crippen molar-refractivity contribution in [2.24, 2.45) is 0 Å². The number of hydrogen-bond donors (Lipinski definition) is 2. The maximum Gasteiger partial charge on any atom is 0.422 e.